The maximum absolute atomic E-state index is 13.8. The average Bonchev–Trinajstić information content (AvgIpc) is 3.58. The van der Waals surface area contributed by atoms with Crippen LogP contribution in [0.3, 0.4) is 0 Å². The molecule has 3 aromatic rings. The topological polar surface area (TPSA) is 101 Å². The second-order valence-corrected chi connectivity index (χ2v) is 10.2. The summed E-state index contributed by atoms with van der Waals surface area (Å²) in [4.78, 5) is 34.7. The first-order valence-electron chi connectivity index (χ1n) is 13.7. The molecule has 0 bridgehead atoms. The van der Waals surface area contributed by atoms with E-state index >= 15 is 0 Å². The molecule has 1 saturated heterocycles. The number of methoxy groups -OCH3 is 1. The van der Waals surface area contributed by atoms with Gasteiger partial charge in [-0.2, -0.15) is 0 Å². The molecule has 2 aliphatic rings. The number of aliphatic carboxylic acids is 1. The zero-order chi connectivity index (χ0) is 28.1. The number of carbonyl (C=O) groups excluding carboxylic acids is 1. The van der Waals surface area contributed by atoms with E-state index in [4.69, 9.17) is 14.2 Å². The van der Waals surface area contributed by atoms with Gasteiger partial charge < -0.3 is 24.2 Å². The average molecular weight is 546 g/mol. The monoisotopic (exact) mass is 545 g/mol. The Kier molecular flexibility index (Phi) is 8.50. The second kappa shape index (κ2) is 12.4. The quantitative estimate of drug-likeness (QED) is 0.379. The largest absolute Gasteiger partial charge is 0.496 e. The van der Waals surface area contributed by atoms with Gasteiger partial charge in [0.2, 0.25) is 12.7 Å². The number of para-hydroxylation sites is 1. The van der Waals surface area contributed by atoms with E-state index in [2.05, 4.69) is 11.9 Å². The zero-order valence-electron chi connectivity index (χ0n) is 22.9. The van der Waals surface area contributed by atoms with Gasteiger partial charge >= 0.3 is 5.97 Å². The van der Waals surface area contributed by atoms with Crippen molar-refractivity contribution in [3.63, 3.8) is 0 Å². The number of benzene rings is 2. The lowest BCUT2D eigenvalue weighted by molar-refractivity contribution is -0.143. The van der Waals surface area contributed by atoms with E-state index in [0.717, 1.165) is 29.7 Å². The number of rotatable bonds is 11. The highest BCUT2D eigenvalue weighted by Crippen LogP contribution is 2.43. The van der Waals surface area contributed by atoms with Crippen molar-refractivity contribution in [2.24, 2.45) is 5.92 Å². The molecule has 0 aliphatic carbocycles. The SMILES string of the molecule is CCCCN(C(=O)CN1C[C@H](c2ccc3c(c2)OCO3)C(C(=O)O)[C@@H]1Cc1ccccc1OC)c1cccnc1. The molecule has 9 heteroatoms. The Labute approximate surface area is 234 Å². The number of anilines is 1. The van der Waals surface area contributed by atoms with Gasteiger partial charge in [0.25, 0.3) is 0 Å². The summed E-state index contributed by atoms with van der Waals surface area (Å²) < 4.78 is 16.7. The highest BCUT2D eigenvalue weighted by molar-refractivity contribution is 5.94. The minimum absolute atomic E-state index is 0.0815. The summed E-state index contributed by atoms with van der Waals surface area (Å²) in [5, 5.41) is 10.6. The van der Waals surface area contributed by atoms with Gasteiger partial charge in [-0.1, -0.05) is 37.6 Å². The second-order valence-electron chi connectivity index (χ2n) is 10.2. The number of pyridine rings is 1. The smallest absolute Gasteiger partial charge is 0.308 e. The van der Waals surface area contributed by atoms with Gasteiger partial charge in [0, 0.05) is 31.2 Å². The number of carboxylic acid groups (broad SMARTS) is 1. The van der Waals surface area contributed by atoms with E-state index < -0.39 is 17.9 Å². The zero-order valence-corrected chi connectivity index (χ0v) is 22.9. The van der Waals surface area contributed by atoms with E-state index in [1.54, 1.807) is 24.4 Å². The van der Waals surface area contributed by atoms with Crippen LogP contribution in [-0.2, 0) is 16.0 Å². The van der Waals surface area contributed by atoms with Crippen LogP contribution in [0.2, 0.25) is 0 Å². The molecular formula is C31H35N3O6. The van der Waals surface area contributed by atoms with E-state index in [0.29, 0.717) is 36.8 Å². The van der Waals surface area contributed by atoms with Gasteiger partial charge in [-0.3, -0.25) is 19.5 Å². The van der Waals surface area contributed by atoms with Gasteiger partial charge in [0.05, 0.1) is 31.5 Å². The molecule has 0 radical (unpaired) electrons. The molecule has 1 aromatic heterocycles. The fraction of sp³-hybridized carbons (Fsp3) is 0.387. The summed E-state index contributed by atoms with van der Waals surface area (Å²) in [7, 11) is 1.61. The Bertz CT molecular complexity index is 1330. The number of nitrogens with zero attached hydrogens (tertiary/aromatic N) is 3. The highest BCUT2D eigenvalue weighted by atomic mass is 16.7. The lowest BCUT2D eigenvalue weighted by Gasteiger charge is -2.30. The van der Waals surface area contributed by atoms with Crippen molar-refractivity contribution in [3.8, 4) is 17.2 Å². The summed E-state index contributed by atoms with van der Waals surface area (Å²) in [6.45, 7) is 3.30. The van der Waals surface area contributed by atoms with E-state index in [-0.39, 0.29) is 25.2 Å². The molecule has 2 aromatic carbocycles. The molecule has 2 aliphatic heterocycles. The Morgan fingerprint density at radius 2 is 1.95 bits per heavy atom. The lowest BCUT2D eigenvalue weighted by atomic mass is 9.83. The summed E-state index contributed by atoms with van der Waals surface area (Å²) in [6.07, 6.45) is 5.60. The first-order chi connectivity index (χ1) is 19.5. The molecule has 0 spiro atoms. The molecule has 1 amide bonds. The number of amides is 1. The molecule has 1 N–H and O–H groups in total. The molecule has 0 saturated carbocycles. The number of carboxylic acids is 1. The van der Waals surface area contributed by atoms with Crippen LogP contribution in [0.1, 0.15) is 36.8 Å². The number of aromatic nitrogens is 1. The molecule has 9 nitrogen and oxygen atoms in total. The molecule has 3 heterocycles. The number of carbonyl (C=O) groups is 2. The van der Waals surface area contributed by atoms with Crippen molar-refractivity contribution < 1.29 is 28.9 Å². The highest BCUT2D eigenvalue weighted by Gasteiger charge is 2.47. The fourth-order valence-electron chi connectivity index (χ4n) is 5.81. The minimum atomic E-state index is -0.896. The molecule has 40 heavy (non-hydrogen) atoms. The maximum atomic E-state index is 13.8. The van der Waals surface area contributed by atoms with Crippen molar-refractivity contribution >= 4 is 17.6 Å². The first kappa shape index (κ1) is 27.5. The summed E-state index contributed by atoms with van der Waals surface area (Å²) >= 11 is 0. The number of ether oxygens (including phenoxy) is 3. The van der Waals surface area contributed by atoms with Crippen LogP contribution < -0.4 is 19.1 Å². The van der Waals surface area contributed by atoms with Crippen LogP contribution in [0.15, 0.2) is 67.0 Å². The van der Waals surface area contributed by atoms with Crippen LogP contribution in [-0.4, -0.2) is 66.4 Å². The third-order valence-electron chi connectivity index (χ3n) is 7.81. The van der Waals surface area contributed by atoms with Gasteiger partial charge in [-0.15, -0.1) is 0 Å². The molecule has 1 fully saturated rings. The predicted octanol–water partition coefficient (Wildman–Crippen LogP) is 4.36. The van der Waals surface area contributed by atoms with Gasteiger partial charge in [-0.25, -0.2) is 0 Å². The van der Waals surface area contributed by atoms with Crippen molar-refractivity contribution in [1.29, 1.82) is 0 Å². The number of likely N-dealkylation sites (tertiary alicyclic amines) is 1. The lowest BCUT2D eigenvalue weighted by Crippen LogP contribution is -2.45. The van der Waals surface area contributed by atoms with Crippen LogP contribution in [0, 0.1) is 5.92 Å². The number of hydrogen-bond acceptors (Lipinski definition) is 7. The van der Waals surface area contributed by atoms with Crippen molar-refractivity contribution in [1.82, 2.24) is 9.88 Å². The third-order valence-corrected chi connectivity index (χ3v) is 7.81. The van der Waals surface area contributed by atoms with E-state index in [9.17, 15) is 14.7 Å². The van der Waals surface area contributed by atoms with Gasteiger partial charge in [0.15, 0.2) is 11.5 Å². The van der Waals surface area contributed by atoms with Crippen LogP contribution in [0.25, 0.3) is 0 Å². The fourth-order valence-corrected chi connectivity index (χ4v) is 5.81. The molecule has 5 rings (SSSR count). The van der Waals surface area contributed by atoms with Crippen molar-refractivity contribution in [2.75, 3.05) is 38.4 Å². The summed E-state index contributed by atoms with van der Waals surface area (Å²) in [6, 6.07) is 16.5. The summed E-state index contributed by atoms with van der Waals surface area (Å²) in [5.74, 6) is -0.115. The number of fused-ring (bicyclic) bond motifs is 1. The number of hydrogen-bond donors (Lipinski definition) is 1. The Morgan fingerprint density at radius 3 is 2.70 bits per heavy atom. The van der Waals surface area contributed by atoms with Crippen molar-refractivity contribution in [3.05, 3.63) is 78.1 Å². The van der Waals surface area contributed by atoms with E-state index in [1.807, 2.05) is 59.5 Å². The number of unbranched alkanes of at least 4 members (excludes halogenated alkanes) is 1. The van der Waals surface area contributed by atoms with Gasteiger partial charge in [-0.05, 0) is 54.3 Å². The predicted molar refractivity (Wildman–Crippen MR) is 150 cm³/mol. The van der Waals surface area contributed by atoms with Crippen molar-refractivity contribution in [2.45, 2.75) is 38.1 Å². The molecule has 1 unspecified atom stereocenters. The Morgan fingerprint density at radius 1 is 1.12 bits per heavy atom. The van der Waals surface area contributed by atoms with E-state index in [1.165, 1.54) is 0 Å². The first-order valence-corrected chi connectivity index (χ1v) is 13.7. The van der Waals surface area contributed by atoms with Crippen LogP contribution in [0.5, 0.6) is 17.2 Å². The molecule has 3 atom stereocenters. The standard InChI is InChI=1S/C31H35N3O6/c1-3-4-14-34(23-9-7-13-32-17-23)29(35)19-33-18-24(21-11-12-27-28(16-21)40-20-39-27)30(31(36)37)25(33)15-22-8-5-6-10-26(22)38-2/h5-13,16-17,24-25,30H,3-4,14-15,18-20H2,1-2H3,(H,36,37)/t24-,25+,30?/m1/s1. The normalized spacial score (nSPS) is 19.9. The molecular weight excluding hydrogens is 510 g/mol. The maximum Gasteiger partial charge on any atom is 0.308 e. The summed E-state index contributed by atoms with van der Waals surface area (Å²) in [5.41, 5.74) is 2.50. The Balaban J connectivity index is 1.49. The van der Waals surface area contributed by atoms with Crippen LogP contribution >= 0.6 is 0 Å². The van der Waals surface area contributed by atoms with Crippen LogP contribution in [0.4, 0.5) is 5.69 Å². The third kappa shape index (κ3) is 5.74. The Hall–Kier alpha value is -4.11. The minimum Gasteiger partial charge on any atom is -0.496 e. The van der Waals surface area contributed by atoms with Gasteiger partial charge in [0.1, 0.15) is 5.75 Å². The molecule has 210 valence electrons.